The number of piperidine rings is 1. The van der Waals surface area contributed by atoms with Gasteiger partial charge in [-0.1, -0.05) is 19.1 Å². The lowest BCUT2D eigenvalue weighted by molar-refractivity contribution is -0.152. The standard InChI is InChI=1S/C15H19NO4/c1-2-15(14(19)20)8-5-9-16(10-15)13(18)11-6-3-4-7-12(11)17/h3-4,6-7,17H,2,5,8-10H2,1H3,(H,19,20). The van der Waals surface area contributed by atoms with Gasteiger partial charge < -0.3 is 15.1 Å². The van der Waals surface area contributed by atoms with E-state index in [9.17, 15) is 19.8 Å². The van der Waals surface area contributed by atoms with Crippen LogP contribution in [0.2, 0.25) is 0 Å². The number of aromatic hydroxyl groups is 1. The van der Waals surface area contributed by atoms with Crippen molar-refractivity contribution in [3.8, 4) is 5.75 Å². The third-order valence-corrected chi connectivity index (χ3v) is 4.13. The molecule has 1 heterocycles. The van der Waals surface area contributed by atoms with Gasteiger partial charge in [0.15, 0.2) is 0 Å². The SMILES string of the molecule is CCC1(C(=O)O)CCCN(C(=O)c2ccccc2O)C1. The van der Waals surface area contributed by atoms with Crippen LogP contribution in [-0.4, -0.2) is 40.1 Å². The summed E-state index contributed by atoms with van der Waals surface area (Å²) in [7, 11) is 0. The maximum atomic E-state index is 12.4. The summed E-state index contributed by atoms with van der Waals surface area (Å²) in [5.74, 6) is -1.22. The van der Waals surface area contributed by atoms with Gasteiger partial charge in [-0.05, 0) is 31.4 Å². The molecule has 1 amide bonds. The molecule has 1 fully saturated rings. The molecular weight excluding hydrogens is 258 g/mol. The predicted molar refractivity (Wildman–Crippen MR) is 73.6 cm³/mol. The quantitative estimate of drug-likeness (QED) is 0.887. The summed E-state index contributed by atoms with van der Waals surface area (Å²) in [5, 5.41) is 19.2. The van der Waals surface area contributed by atoms with Crippen molar-refractivity contribution in [2.45, 2.75) is 26.2 Å². The highest BCUT2D eigenvalue weighted by Gasteiger charge is 2.42. The molecule has 1 aromatic rings. The Labute approximate surface area is 117 Å². The minimum atomic E-state index is -0.863. The highest BCUT2D eigenvalue weighted by Crippen LogP contribution is 2.34. The minimum Gasteiger partial charge on any atom is -0.507 e. The molecule has 5 heteroatoms. The Hall–Kier alpha value is -2.04. The number of aliphatic carboxylic acids is 1. The summed E-state index contributed by atoms with van der Waals surface area (Å²) in [4.78, 5) is 25.4. The van der Waals surface area contributed by atoms with Crippen LogP contribution in [0.4, 0.5) is 0 Å². The van der Waals surface area contributed by atoms with Gasteiger partial charge in [-0.25, -0.2) is 0 Å². The molecule has 108 valence electrons. The topological polar surface area (TPSA) is 77.8 Å². The molecule has 0 aliphatic carbocycles. The molecule has 1 aliphatic heterocycles. The second kappa shape index (κ2) is 5.53. The average molecular weight is 277 g/mol. The van der Waals surface area contributed by atoms with E-state index in [0.717, 1.165) is 0 Å². The maximum absolute atomic E-state index is 12.4. The van der Waals surface area contributed by atoms with Crippen molar-refractivity contribution in [3.05, 3.63) is 29.8 Å². The molecule has 1 aliphatic rings. The van der Waals surface area contributed by atoms with E-state index in [2.05, 4.69) is 0 Å². The average Bonchev–Trinajstić information content (AvgIpc) is 2.47. The molecule has 1 atom stereocenters. The summed E-state index contributed by atoms with van der Waals surface area (Å²) in [6, 6.07) is 6.35. The maximum Gasteiger partial charge on any atom is 0.311 e. The molecule has 1 unspecified atom stereocenters. The van der Waals surface area contributed by atoms with Crippen LogP contribution in [0.1, 0.15) is 36.5 Å². The van der Waals surface area contributed by atoms with E-state index >= 15 is 0 Å². The smallest absolute Gasteiger partial charge is 0.311 e. The Morgan fingerprint density at radius 1 is 1.35 bits per heavy atom. The van der Waals surface area contributed by atoms with E-state index in [1.165, 1.54) is 11.0 Å². The first kappa shape index (κ1) is 14.4. The second-order valence-electron chi connectivity index (χ2n) is 5.29. The van der Waals surface area contributed by atoms with Gasteiger partial charge in [-0.15, -0.1) is 0 Å². The van der Waals surface area contributed by atoms with E-state index < -0.39 is 11.4 Å². The van der Waals surface area contributed by atoms with Gasteiger partial charge in [0.25, 0.3) is 5.91 Å². The number of para-hydroxylation sites is 1. The Kier molecular flexibility index (Phi) is 3.97. The van der Waals surface area contributed by atoms with E-state index in [-0.39, 0.29) is 23.8 Å². The number of carbonyl (C=O) groups is 2. The van der Waals surface area contributed by atoms with Gasteiger partial charge in [0, 0.05) is 13.1 Å². The zero-order valence-corrected chi connectivity index (χ0v) is 11.5. The number of likely N-dealkylation sites (tertiary alicyclic amines) is 1. The van der Waals surface area contributed by atoms with Crippen LogP contribution in [0.15, 0.2) is 24.3 Å². The van der Waals surface area contributed by atoms with Gasteiger partial charge in [0.1, 0.15) is 5.75 Å². The molecule has 0 aromatic heterocycles. The first-order chi connectivity index (χ1) is 9.50. The number of carboxylic acids is 1. The number of benzene rings is 1. The summed E-state index contributed by atoms with van der Waals surface area (Å²) >= 11 is 0. The number of nitrogens with zero attached hydrogens (tertiary/aromatic N) is 1. The number of rotatable bonds is 3. The van der Waals surface area contributed by atoms with Crippen molar-refractivity contribution in [1.82, 2.24) is 4.90 Å². The van der Waals surface area contributed by atoms with E-state index in [1.807, 2.05) is 6.92 Å². The van der Waals surface area contributed by atoms with Crippen LogP contribution in [0.25, 0.3) is 0 Å². The second-order valence-corrected chi connectivity index (χ2v) is 5.29. The highest BCUT2D eigenvalue weighted by atomic mass is 16.4. The third-order valence-electron chi connectivity index (χ3n) is 4.13. The zero-order valence-electron chi connectivity index (χ0n) is 11.5. The molecule has 0 spiro atoms. The van der Waals surface area contributed by atoms with Crippen LogP contribution in [0, 0.1) is 5.41 Å². The normalized spacial score (nSPS) is 22.6. The summed E-state index contributed by atoms with van der Waals surface area (Å²) in [5.41, 5.74) is -0.636. The Morgan fingerprint density at radius 2 is 2.05 bits per heavy atom. The van der Waals surface area contributed by atoms with Crippen molar-refractivity contribution in [3.63, 3.8) is 0 Å². The van der Waals surface area contributed by atoms with E-state index in [4.69, 9.17) is 0 Å². The van der Waals surface area contributed by atoms with Crippen molar-refractivity contribution in [2.24, 2.45) is 5.41 Å². The van der Waals surface area contributed by atoms with E-state index in [0.29, 0.717) is 25.8 Å². The Bertz CT molecular complexity index is 528. The molecule has 1 saturated heterocycles. The summed E-state index contributed by atoms with van der Waals surface area (Å²) in [6.45, 7) is 2.57. The molecule has 2 N–H and O–H groups in total. The van der Waals surface area contributed by atoms with Gasteiger partial charge in [-0.3, -0.25) is 9.59 Å². The monoisotopic (exact) mass is 277 g/mol. The van der Waals surface area contributed by atoms with Gasteiger partial charge >= 0.3 is 5.97 Å². The lowest BCUT2D eigenvalue weighted by Crippen LogP contribution is -2.49. The van der Waals surface area contributed by atoms with Crippen LogP contribution < -0.4 is 0 Å². The number of phenols is 1. The lowest BCUT2D eigenvalue weighted by Gasteiger charge is -2.39. The number of hydrogen-bond acceptors (Lipinski definition) is 3. The van der Waals surface area contributed by atoms with Crippen LogP contribution in [0.5, 0.6) is 5.75 Å². The van der Waals surface area contributed by atoms with Gasteiger partial charge in [0.2, 0.25) is 0 Å². The minimum absolute atomic E-state index is 0.0690. The first-order valence-corrected chi connectivity index (χ1v) is 6.81. The lowest BCUT2D eigenvalue weighted by atomic mass is 9.77. The third kappa shape index (κ3) is 2.48. The van der Waals surface area contributed by atoms with E-state index in [1.54, 1.807) is 18.2 Å². The molecular formula is C15H19NO4. The number of hydrogen-bond donors (Lipinski definition) is 2. The fraction of sp³-hybridized carbons (Fsp3) is 0.467. The molecule has 1 aromatic carbocycles. The number of carboxylic acid groups (broad SMARTS) is 1. The Balaban J connectivity index is 2.23. The van der Waals surface area contributed by atoms with Crippen LogP contribution in [0.3, 0.4) is 0 Å². The molecule has 0 bridgehead atoms. The van der Waals surface area contributed by atoms with Crippen LogP contribution in [-0.2, 0) is 4.79 Å². The number of carbonyl (C=O) groups excluding carboxylic acids is 1. The summed E-state index contributed by atoms with van der Waals surface area (Å²) < 4.78 is 0. The van der Waals surface area contributed by atoms with Crippen LogP contribution >= 0.6 is 0 Å². The summed E-state index contributed by atoms with van der Waals surface area (Å²) in [6.07, 6.45) is 1.75. The molecule has 5 nitrogen and oxygen atoms in total. The zero-order chi connectivity index (χ0) is 14.8. The highest BCUT2D eigenvalue weighted by molar-refractivity contribution is 5.97. The molecule has 0 saturated carbocycles. The van der Waals surface area contributed by atoms with Crippen molar-refractivity contribution < 1.29 is 19.8 Å². The number of phenolic OH excluding ortho intramolecular Hbond substituents is 1. The first-order valence-electron chi connectivity index (χ1n) is 6.81. The largest absolute Gasteiger partial charge is 0.507 e. The van der Waals surface area contributed by atoms with Crippen molar-refractivity contribution in [2.75, 3.05) is 13.1 Å². The van der Waals surface area contributed by atoms with Crippen molar-refractivity contribution in [1.29, 1.82) is 0 Å². The fourth-order valence-electron chi connectivity index (χ4n) is 2.74. The molecule has 0 radical (unpaired) electrons. The van der Waals surface area contributed by atoms with Gasteiger partial charge in [0.05, 0.1) is 11.0 Å². The Morgan fingerprint density at radius 3 is 2.65 bits per heavy atom. The fourth-order valence-corrected chi connectivity index (χ4v) is 2.74. The predicted octanol–water partition coefficient (Wildman–Crippen LogP) is 2.11. The van der Waals surface area contributed by atoms with Gasteiger partial charge in [-0.2, -0.15) is 0 Å². The molecule has 2 rings (SSSR count). The molecule has 20 heavy (non-hydrogen) atoms. The van der Waals surface area contributed by atoms with Crippen molar-refractivity contribution >= 4 is 11.9 Å². The number of amides is 1.